The van der Waals surface area contributed by atoms with Gasteiger partial charge in [-0.1, -0.05) is 6.07 Å². The average molecular weight is 288 g/mol. The van der Waals surface area contributed by atoms with Gasteiger partial charge >= 0.3 is 0 Å². The van der Waals surface area contributed by atoms with E-state index in [1.54, 1.807) is 17.4 Å². The quantitative estimate of drug-likeness (QED) is 0.745. The van der Waals surface area contributed by atoms with Crippen molar-refractivity contribution < 1.29 is 4.39 Å². The molecule has 0 saturated carbocycles. The van der Waals surface area contributed by atoms with E-state index in [2.05, 4.69) is 34.3 Å². The van der Waals surface area contributed by atoms with E-state index in [0.29, 0.717) is 6.04 Å². The lowest BCUT2D eigenvalue weighted by atomic mass is 10.2. The molecule has 2 nitrogen and oxygen atoms in total. The van der Waals surface area contributed by atoms with Gasteiger partial charge in [-0.15, -0.1) is 11.3 Å². The van der Waals surface area contributed by atoms with Crippen LogP contribution >= 0.6 is 11.3 Å². The number of nitrogens with one attached hydrogen (secondary N) is 1. The lowest BCUT2D eigenvalue weighted by molar-refractivity contribution is 0.542. The van der Waals surface area contributed by atoms with Crippen LogP contribution in [0.15, 0.2) is 48.0 Å². The van der Waals surface area contributed by atoms with E-state index in [1.165, 1.54) is 10.9 Å². The largest absolute Gasteiger partial charge is 0.346 e. The SMILES string of the molecule is CC(NCCn1ccc2ccc(F)cc21)c1cccs1. The fourth-order valence-corrected chi connectivity index (χ4v) is 3.15. The van der Waals surface area contributed by atoms with Crippen molar-refractivity contribution in [2.24, 2.45) is 0 Å². The maximum atomic E-state index is 13.3. The molecule has 0 fully saturated rings. The van der Waals surface area contributed by atoms with Gasteiger partial charge in [0.05, 0.1) is 5.52 Å². The van der Waals surface area contributed by atoms with E-state index in [4.69, 9.17) is 0 Å². The molecule has 3 rings (SSSR count). The van der Waals surface area contributed by atoms with Crippen LogP contribution in [0.5, 0.6) is 0 Å². The number of benzene rings is 1. The van der Waals surface area contributed by atoms with Gasteiger partial charge in [-0.2, -0.15) is 0 Å². The zero-order chi connectivity index (χ0) is 13.9. The van der Waals surface area contributed by atoms with Crippen molar-refractivity contribution in [1.82, 2.24) is 9.88 Å². The first-order valence-electron chi connectivity index (χ1n) is 6.75. The number of rotatable bonds is 5. The van der Waals surface area contributed by atoms with Crippen LogP contribution in [0.1, 0.15) is 17.8 Å². The molecule has 0 aliphatic heterocycles. The molecular formula is C16H17FN2S. The highest BCUT2D eigenvalue weighted by atomic mass is 32.1. The normalized spacial score (nSPS) is 12.9. The summed E-state index contributed by atoms with van der Waals surface area (Å²) in [6.07, 6.45) is 2.02. The predicted octanol–water partition coefficient (Wildman–Crippen LogP) is 4.19. The summed E-state index contributed by atoms with van der Waals surface area (Å²) >= 11 is 1.76. The van der Waals surface area contributed by atoms with Gasteiger partial charge < -0.3 is 9.88 Å². The molecule has 104 valence electrons. The smallest absolute Gasteiger partial charge is 0.125 e. The predicted molar refractivity (Wildman–Crippen MR) is 82.6 cm³/mol. The maximum absolute atomic E-state index is 13.3. The van der Waals surface area contributed by atoms with Crippen LogP contribution < -0.4 is 5.32 Å². The van der Waals surface area contributed by atoms with Crippen LogP contribution in [0, 0.1) is 5.82 Å². The zero-order valence-electron chi connectivity index (χ0n) is 11.3. The summed E-state index contributed by atoms with van der Waals surface area (Å²) in [6.45, 7) is 3.86. The molecular weight excluding hydrogens is 271 g/mol. The molecule has 0 saturated heterocycles. The Balaban J connectivity index is 1.64. The third kappa shape index (κ3) is 2.76. The number of hydrogen-bond acceptors (Lipinski definition) is 2. The van der Waals surface area contributed by atoms with Gasteiger partial charge in [0, 0.05) is 30.2 Å². The molecule has 1 atom stereocenters. The van der Waals surface area contributed by atoms with E-state index < -0.39 is 0 Å². The van der Waals surface area contributed by atoms with Crippen molar-refractivity contribution in [3.8, 4) is 0 Å². The second kappa shape index (κ2) is 5.77. The Hall–Kier alpha value is -1.65. The van der Waals surface area contributed by atoms with E-state index in [0.717, 1.165) is 24.0 Å². The summed E-state index contributed by atoms with van der Waals surface area (Å²) in [6, 6.07) is 11.5. The summed E-state index contributed by atoms with van der Waals surface area (Å²) in [5, 5.41) is 6.67. The monoisotopic (exact) mass is 288 g/mol. The van der Waals surface area contributed by atoms with Crippen molar-refractivity contribution in [3.63, 3.8) is 0 Å². The van der Waals surface area contributed by atoms with Crippen molar-refractivity contribution in [2.45, 2.75) is 19.5 Å². The van der Waals surface area contributed by atoms with Crippen LogP contribution in [0.25, 0.3) is 10.9 Å². The maximum Gasteiger partial charge on any atom is 0.125 e. The Bertz CT molecular complexity index is 688. The van der Waals surface area contributed by atoms with Gasteiger partial charge in [0.15, 0.2) is 0 Å². The van der Waals surface area contributed by atoms with Crippen LogP contribution in [-0.2, 0) is 6.54 Å². The molecule has 0 spiro atoms. The molecule has 2 heterocycles. The number of halogens is 1. The highest BCUT2D eigenvalue weighted by Crippen LogP contribution is 2.19. The molecule has 1 N–H and O–H groups in total. The van der Waals surface area contributed by atoms with Gasteiger partial charge in [-0.05, 0) is 48.0 Å². The fourth-order valence-electron chi connectivity index (χ4n) is 2.39. The standard InChI is InChI=1S/C16H17FN2S/c1-12(16-3-2-10-20-16)18-7-9-19-8-6-13-4-5-14(17)11-15(13)19/h2-6,8,10-12,18H,7,9H2,1H3. The summed E-state index contributed by atoms with van der Waals surface area (Å²) < 4.78 is 15.4. The molecule has 4 heteroatoms. The minimum absolute atomic E-state index is 0.183. The molecule has 3 aromatic rings. The molecule has 2 aromatic heterocycles. The molecule has 0 bridgehead atoms. The third-order valence-electron chi connectivity index (χ3n) is 3.51. The number of nitrogens with zero attached hydrogens (tertiary/aromatic N) is 1. The van der Waals surface area contributed by atoms with Crippen LogP contribution in [0.2, 0.25) is 0 Å². The molecule has 0 aliphatic rings. The van der Waals surface area contributed by atoms with Crippen molar-refractivity contribution in [3.05, 3.63) is 58.7 Å². The molecule has 1 aromatic carbocycles. The second-order valence-corrected chi connectivity index (χ2v) is 5.88. The molecule has 0 amide bonds. The van der Waals surface area contributed by atoms with Crippen molar-refractivity contribution in [2.75, 3.05) is 6.54 Å². The van der Waals surface area contributed by atoms with Gasteiger partial charge in [0.25, 0.3) is 0 Å². The second-order valence-electron chi connectivity index (χ2n) is 4.90. The van der Waals surface area contributed by atoms with E-state index in [1.807, 2.05) is 18.3 Å². The fraction of sp³-hybridized carbons (Fsp3) is 0.250. The summed E-state index contributed by atoms with van der Waals surface area (Å²) in [5.41, 5.74) is 0.954. The van der Waals surface area contributed by atoms with Gasteiger partial charge in [-0.3, -0.25) is 0 Å². The van der Waals surface area contributed by atoms with Gasteiger partial charge in [-0.25, -0.2) is 4.39 Å². The first-order chi connectivity index (χ1) is 9.74. The van der Waals surface area contributed by atoms with Gasteiger partial charge in [0.2, 0.25) is 0 Å². The Morgan fingerprint density at radius 1 is 1.30 bits per heavy atom. The molecule has 20 heavy (non-hydrogen) atoms. The molecule has 0 radical (unpaired) electrons. The number of thiophene rings is 1. The molecule has 0 aliphatic carbocycles. The summed E-state index contributed by atoms with van der Waals surface area (Å²) in [7, 11) is 0. The zero-order valence-corrected chi connectivity index (χ0v) is 12.2. The number of fused-ring (bicyclic) bond motifs is 1. The Morgan fingerprint density at radius 3 is 3.00 bits per heavy atom. The van der Waals surface area contributed by atoms with Crippen LogP contribution in [0.4, 0.5) is 4.39 Å². The highest BCUT2D eigenvalue weighted by molar-refractivity contribution is 7.10. The van der Waals surface area contributed by atoms with Crippen LogP contribution in [0.3, 0.4) is 0 Å². The van der Waals surface area contributed by atoms with E-state index >= 15 is 0 Å². The highest BCUT2D eigenvalue weighted by Gasteiger charge is 2.06. The van der Waals surface area contributed by atoms with Crippen molar-refractivity contribution >= 4 is 22.2 Å². The van der Waals surface area contributed by atoms with E-state index in [9.17, 15) is 4.39 Å². The Labute approximate surface area is 121 Å². The van der Waals surface area contributed by atoms with E-state index in [-0.39, 0.29) is 5.82 Å². The Kier molecular flexibility index (Phi) is 3.85. The molecule has 1 unspecified atom stereocenters. The first kappa shape index (κ1) is 13.3. The Morgan fingerprint density at radius 2 is 2.20 bits per heavy atom. The summed E-state index contributed by atoms with van der Waals surface area (Å²) in [5.74, 6) is -0.183. The lowest BCUT2D eigenvalue weighted by Gasteiger charge is -2.13. The number of hydrogen-bond donors (Lipinski definition) is 1. The third-order valence-corrected chi connectivity index (χ3v) is 4.56. The summed E-state index contributed by atoms with van der Waals surface area (Å²) in [4.78, 5) is 1.34. The van der Waals surface area contributed by atoms with Crippen molar-refractivity contribution in [1.29, 1.82) is 0 Å². The number of aromatic nitrogens is 1. The average Bonchev–Trinajstić information content (AvgIpc) is 3.08. The van der Waals surface area contributed by atoms with Crippen LogP contribution in [-0.4, -0.2) is 11.1 Å². The minimum atomic E-state index is -0.183. The first-order valence-corrected chi connectivity index (χ1v) is 7.63. The van der Waals surface area contributed by atoms with Gasteiger partial charge in [0.1, 0.15) is 5.82 Å². The lowest BCUT2D eigenvalue weighted by Crippen LogP contribution is -2.22. The minimum Gasteiger partial charge on any atom is -0.346 e. The topological polar surface area (TPSA) is 17.0 Å².